The first kappa shape index (κ1) is 28.0. The number of halogens is 1. The summed E-state index contributed by atoms with van der Waals surface area (Å²) < 4.78 is 41.6. The van der Waals surface area contributed by atoms with Crippen molar-refractivity contribution in [2.24, 2.45) is 11.8 Å². The van der Waals surface area contributed by atoms with Gasteiger partial charge in [0.05, 0.1) is 4.90 Å². The number of sulfonamides is 1. The minimum atomic E-state index is -3.52. The highest BCUT2D eigenvalue weighted by Crippen LogP contribution is 2.43. The Kier molecular flexibility index (Phi) is 9.16. The molecule has 0 spiro atoms. The van der Waals surface area contributed by atoms with Gasteiger partial charge < -0.3 is 4.90 Å². The Hall–Kier alpha value is -2.54. The molecule has 1 saturated carbocycles. The molecule has 1 aliphatic carbocycles. The lowest BCUT2D eigenvalue weighted by molar-refractivity contribution is 0.150. The molecule has 2 fully saturated rings. The molecule has 0 N–H and O–H groups in total. The third-order valence-corrected chi connectivity index (χ3v) is 10.9. The molecule has 3 atom stereocenters. The zero-order valence-electron chi connectivity index (χ0n) is 23.0. The van der Waals surface area contributed by atoms with Gasteiger partial charge in [0.25, 0.3) is 0 Å². The number of nitrogens with zero attached hydrogens (tertiary/aromatic N) is 2. The normalized spacial score (nSPS) is 22.9. The Labute approximate surface area is 233 Å². The van der Waals surface area contributed by atoms with Gasteiger partial charge >= 0.3 is 0 Å². The molecule has 0 bridgehead atoms. The van der Waals surface area contributed by atoms with E-state index >= 15 is 0 Å². The average molecular weight is 549 g/mol. The van der Waals surface area contributed by atoms with Crippen molar-refractivity contribution in [2.75, 3.05) is 26.7 Å². The Morgan fingerprint density at radius 1 is 0.872 bits per heavy atom. The molecule has 39 heavy (non-hydrogen) atoms. The molecule has 1 aliphatic heterocycles. The second kappa shape index (κ2) is 12.8. The second-order valence-corrected chi connectivity index (χ2v) is 13.5. The molecule has 6 heteroatoms. The molecule has 1 heterocycles. The fraction of sp³-hybridized carbons (Fsp3) is 0.455. The van der Waals surface area contributed by atoms with E-state index in [-0.39, 0.29) is 11.9 Å². The van der Waals surface area contributed by atoms with Gasteiger partial charge in [-0.2, -0.15) is 4.31 Å². The highest BCUT2D eigenvalue weighted by molar-refractivity contribution is 7.89. The van der Waals surface area contributed by atoms with Crippen molar-refractivity contribution in [3.05, 3.63) is 102 Å². The number of aryl methyl sites for hydroxylation is 1. The quantitative estimate of drug-likeness (QED) is 0.282. The summed E-state index contributed by atoms with van der Waals surface area (Å²) in [6.45, 7) is 3.25. The van der Waals surface area contributed by atoms with Crippen LogP contribution in [0.25, 0.3) is 0 Å². The summed E-state index contributed by atoms with van der Waals surface area (Å²) in [4.78, 5) is 2.99. The van der Waals surface area contributed by atoms with Crippen molar-refractivity contribution < 1.29 is 12.8 Å². The van der Waals surface area contributed by atoms with E-state index in [1.807, 2.05) is 18.2 Å². The van der Waals surface area contributed by atoms with Gasteiger partial charge in [-0.1, -0.05) is 67.1 Å². The van der Waals surface area contributed by atoms with Crippen LogP contribution in [0.2, 0.25) is 0 Å². The van der Waals surface area contributed by atoms with Gasteiger partial charge in [-0.3, -0.25) is 0 Å². The van der Waals surface area contributed by atoms with Crippen LogP contribution in [0.4, 0.5) is 4.39 Å². The summed E-state index contributed by atoms with van der Waals surface area (Å²) in [6, 6.07) is 26.4. The van der Waals surface area contributed by atoms with E-state index in [1.54, 1.807) is 47.8 Å². The van der Waals surface area contributed by atoms with E-state index in [4.69, 9.17) is 0 Å². The number of piperidine rings is 1. The van der Waals surface area contributed by atoms with Gasteiger partial charge in [0.15, 0.2) is 0 Å². The number of benzene rings is 3. The molecule has 3 aromatic carbocycles. The first-order valence-electron chi connectivity index (χ1n) is 14.4. The first-order valence-corrected chi connectivity index (χ1v) is 15.9. The molecule has 3 aromatic rings. The molecule has 2 aliphatic rings. The predicted octanol–water partition coefficient (Wildman–Crippen LogP) is 6.74. The van der Waals surface area contributed by atoms with Crippen molar-refractivity contribution in [1.29, 1.82) is 0 Å². The van der Waals surface area contributed by atoms with E-state index in [0.717, 1.165) is 51.2 Å². The number of hydrogen-bond acceptors (Lipinski definition) is 3. The molecule has 0 amide bonds. The summed E-state index contributed by atoms with van der Waals surface area (Å²) in [6.07, 6.45) is 7.58. The van der Waals surface area contributed by atoms with Gasteiger partial charge in [0, 0.05) is 19.6 Å². The fourth-order valence-corrected chi connectivity index (χ4v) is 8.09. The van der Waals surface area contributed by atoms with Crippen LogP contribution in [0.1, 0.15) is 55.6 Å². The van der Waals surface area contributed by atoms with Crippen LogP contribution in [0, 0.1) is 17.7 Å². The number of rotatable bonds is 10. The van der Waals surface area contributed by atoms with E-state index in [0.29, 0.717) is 16.7 Å². The summed E-state index contributed by atoms with van der Waals surface area (Å²) in [7, 11) is -1.76. The Morgan fingerprint density at radius 2 is 1.51 bits per heavy atom. The topological polar surface area (TPSA) is 40.6 Å². The van der Waals surface area contributed by atoms with Crippen molar-refractivity contribution in [3.8, 4) is 0 Å². The van der Waals surface area contributed by atoms with Crippen molar-refractivity contribution in [2.45, 2.75) is 61.8 Å². The van der Waals surface area contributed by atoms with Crippen molar-refractivity contribution >= 4 is 10.0 Å². The highest BCUT2D eigenvalue weighted by Gasteiger charge is 2.41. The Balaban J connectivity index is 1.18. The van der Waals surface area contributed by atoms with E-state index < -0.39 is 10.0 Å². The van der Waals surface area contributed by atoms with Crippen LogP contribution >= 0.6 is 0 Å². The summed E-state index contributed by atoms with van der Waals surface area (Å²) >= 11 is 0. The SMILES string of the molecule is CN([C@H]1C[C@H](CN2CCC(CCCc3ccc(F)cc3)CC2)[C@@H](c2ccccc2)C1)S(=O)(=O)c1ccccc1. The monoisotopic (exact) mass is 548 g/mol. The van der Waals surface area contributed by atoms with Crippen LogP contribution in [0.5, 0.6) is 0 Å². The molecule has 0 unspecified atom stereocenters. The molecule has 1 saturated heterocycles. The van der Waals surface area contributed by atoms with Crippen molar-refractivity contribution in [1.82, 2.24) is 9.21 Å². The highest BCUT2D eigenvalue weighted by atomic mass is 32.2. The molecule has 208 valence electrons. The van der Waals surface area contributed by atoms with E-state index in [9.17, 15) is 12.8 Å². The van der Waals surface area contributed by atoms with Crippen LogP contribution in [0.15, 0.2) is 89.8 Å². The standard InChI is InChI=1S/C33H41FN2O2S/c1-35(39(37,38)32-13-6-3-7-14-32)31-23-29(33(24-31)28-11-4-2-5-12-28)25-36-21-19-27(20-22-36)10-8-9-26-15-17-30(34)18-16-26/h2-7,11-18,27,29,31,33H,8-10,19-25H2,1H3/t29-,31+,33-/m1/s1. The number of hydrogen-bond donors (Lipinski definition) is 0. The summed E-state index contributed by atoms with van der Waals surface area (Å²) in [5.41, 5.74) is 2.54. The second-order valence-electron chi connectivity index (χ2n) is 11.5. The third kappa shape index (κ3) is 6.97. The lowest BCUT2D eigenvalue weighted by Gasteiger charge is -2.35. The van der Waals surface area contributed by atoms with Crippen molar-refractivity contribution in [3.63, 3.8) is 0 Å². The fourth-order valence-electron chi connectivity index (χ4n) is 6.69. The largest absolute Gasteiger partial charge is 0.303 e. The summed E-state index contributed by atoms with van der Waals surface area (Å²) in [5, 5.41) is 0. The maximum atomic E-state index is 13.4. The van der Waals surface area contributed by atoms with E-state index in [1.165, 1.54) is 30.4 Å². The molecule has 0 aromatic heterocycles. The predicted molar refractivity (Wildman–Crippen MR) is 156 cm³/mol. The zero-order valence-corrected chi connectivity index (χ0v) is 23.8. The smallest absolute Gasteiger partial charge is 0.243 e. The maximum absolute atomic E-state index is 13.4. The van der Waals surface area contributed by atoms with Gasteiger partial charge in [-0.15, -0.1) is 0 Å². The average Bonchev–Trinajstić information content (AvgIpc) is 3.39. The van der Waals surface area contributed by atoms with E-state index in [2.05, 4.69) is 35.2 Å². The van der Waals surface area contributed by atoms with Crippen LogP contribution in [-0.4, -0.2) is 50.3 Å². The summed E-state index contributed by atoms with van der Waals surface area (Å²) in [5.74, 6) is 1.38. The van der Waals surface area contributed by atoms with Gasteiger partial charge in [-0.25, -0.2) is 12.8 Å². The van der Waals surface area contributed by atoms with Crippen LogP contribution in [0.3, 0.4) is 0 Å². The molecular weight excluding hydrogens is 507 g/mol. The molecule has 5 rings (SSSR count). The molecule has 4 nitrogen and oxygen atoms in total. The Bertz CT molecular complexity index is 1280. The zero-order chi connectivity index (χ0) is 27.2. The van der Waals surface area contributed by atoms with Gasteiger partial charge in [-0.05, 0) is 105 Å². The molecular formula is C33H41FN2O2S. The first-order chi connectivity index (χ1) is 18.9. The third-order valence-electron chi connectivity index (χ3n) is 9.02. The number of likely N-dealkylation sites (tertiary alicyclic amines) is 1. The van der Waals surface area contributed by atoms with Crippen LogP contribution in [-0.2, 0) is 16.4 Å². The Morgan fingerprint density at radius 3 is 2.18 bits per heavy atom. The lowest BCUT2D eigenvalue weighted by atomic mass is 9.87. The molecule has 0 radical (unpaired) electrons. The minimum absolute atomic E-state index is 0.00517. The minimum Gasteiger partial charge on any atom is -0.303 e. The van der Waals surface area contributed by atoms with Crippen LogP contribution < -0.4 is 0 Å². The van der Waals surface area contributed by atoms with Gasteiger partial charge in [0.2, 0.25) is 10.0 Å². The van der Waals surface area contributed by atoms with Gasteiger partial charge in [0.1, 0.15) is 5.82 Å². The lowest BCUT2D eigenvalue weighted by Crippen LogP contribution is -2.38. The maximum Gasteiger partial charge on any atom is 0.243 e.